The molecule has 0 atom stereocenters. The Morgan fingerprint density at radius 3 is 2.83 bits per heavy atom. The fourth-order valence-corrected chi connectivity index (χ4v) is 3.16. The Balaban J connectivity index is 2.11. The summed E-state index contributed by atoms with van der Waals surface area (Å²) < 4.78 is 7.06. The summed E-state index contributed by atoms with van der Waals surface area (Å²) in [6.07, 6.45) is 2.07. The zero-order chi connectivity index (χ0) is 12.1. The van der Waals surface area contributed by atoms with Gasteiger partial charge in [-0.05, 0) is 35.7 Å². The Hall–Kier alpha value is -1.54. The minimum absolute atomic E-state index is 0.978. The number of hydrogen-bond donors (Lipinski definition) is 0. The normalized spacial score (nSPS) is 13.4. The van der Waals surface area contributed by atoms with Crippen molar-refractivity contribution < 1.29 is 4.42 Å². The maximum absolute atomic E-state index is 6.00. The Kier molecular flexibility index (Phi) is 2.15. The summed E-state index contributed by atoms with van der Waals surface area (Å²) in [7, 11) is 0. The van der Waals surface area contributed by atoms with Crippen LogP contribution < -0.4 is 0 Å². The van der Waals surface area contributed by atoms with Crippen LogP contribution in [0.15, 0.2) is 51.4 Å². The maximum atomic E-state index is 6.00. The number of benzene rings is 2. The summed E-state index contributed by atoms with van der Waals surface area (Å²) in [6.45, 7) is 0. The van der Waals surface area contributed by atoms with Gasteiger partial charge in [0.05, 0.1) is 0 Å². The number of hydrogen-bond acceptors (Lipinski definition) is 1. The van der Waals surface area contributed by atoms with Gasteiger partial charge in [-0.3, -0.25) is 0 Å². The molecule has 0 saturated carbocycles. The van der Waals surface area contributed by atoms with Gasteiger partial charge in [0.1, 0.15) is 11.3 Å². The molecule has 2 aromatic carbocycles. The van der Waals surface area contributed by atoms with Gasteiger partial charge in [0.15, 0.2) is 0 Å². The molecule has 88 valence electrons. The predicted molar refractivity (Wildman–Crippen MR) is 76.8 cm³/mol. The van der Waals surface area contributed by atoms with Gasteiger partial charge in [0.25, 0.3) is 0 Å². The lowest BCUT2D eigenvalue weighted by atomic mass is 9.88. The minimum Gasteiger partial charge on any atom is -0.460 e. The lowest BCUT2D eigenvalue weighted by Crippen LogP contribution is -2.00. The smallest absolute Gasteiger partial charge is 0.136 e. The van der Waals surface area contributed by atoms with E-state index in [-0.39, 0.29) is 0 Å². The van der Waals surface area contributed by atoms with E-state index in [1.165, 1.54) is 22.1 Å². The molecule has 1 aliphatic rings. The fraction of sp³-hybridized carbons (Fsp3) is 0.125. The van der Waals surface area contributed by atoms with E-state index in [9.17, 15) is 0 Å². The van der Waals surface area contributed by atoms with Crippen LogP contribution in [0, 0.1) is 0 Å². The van der Waals surface area contributed by atoms with E-state index < -0.39 is 0 Å². The molecular formula is C16H11BrO. The van der Waals surface area contributed by atoms with Gasteiger partial charge in [-0.15, -0.1) is 0 Å². The molecule has 0 fully saturated rings. The first-order chi connectivity index (χ1) is 8.83. The summed E-state index contributed by atoms with van der Waals surface area (Å²) in [6, 6.07) is 14.9. The first-order valence-corrected chi connectivity index (χ1v) is 6.91. The Morgan fingerprint density at radius 2 is 1.89 bits per heavy atom. The van der Waals surface area contributed by atoms with Crippen LogP contribution in [0.4, 0.5) is 0 Å². The van der Waals surface area contributed by atoms with E-state index in [1.54, 1.807) is 0 Å². The minimum atomic E-state index is 0.978. The highest BCUT2D eigenvalue weighted by molar-refractivity contribution is 9.10. The van der Waals surface area contributed by atoms with Crippen molar-refractivity contribution in [2.45, 2.75) is 12.8 Å². The molecule has 3 aromatic rings. The second kappa shape index (κ2) is 3.72. The molecule has 0 bridgehead atoms. The zero-order valence-electron chi connectivity index (χ0n) is 9.74. The summed E-state index contributed by atoms with van der Waals surface area (Å²) in [5, 5.41) is 1.22. The Labute approximate surface area is 114 Å². The monoisotopic (exact) mass is 298 g/mol. The van der Waals surface area contributed by atoms with Crippen molar-refractivity contribution in [1.82, 2.24) is 0 Å². The Morgan fingerprint density at radius 1 is 1.00 bits per heavy atom. The quantitative estimate of drug-likeness (QED) is 0.572. The molecule has 0 unspecified atom stereocenters. The highest BCUT2D eigenvalue weighted by Crippen LogP contribution is 2.41. The molecule has 4 rings (SSSR count). The molecule has 1 heterocycles. The van der Waals surface area contributed by atoms with Gasteiger partial charge in [-0.25, -0.2) is 0 Å². The molecule has 0 amide bonds. The molecule has 1 aromatic heterocycles. The molecule has 0 aliphatic heterocycles. The van der Waals surface area contributed by atoms with Gasteiger partial charge in [-0.1, -0.05) is 40.2 Å². The van der Waals surface area contributed by atoms with Crippen LogP contribution in [0.1, 0.15) is 11.3 Å². The molecule has 0 saturated heterocycles. The summed E-state index contributed by atoms with van der Waals surface area (Å²) in [5.74, 6) is 1.13. The zero-order valence-corrected chi connectivity index (χ0v) is 11.3. The third-order valence-corrected chi connectivity index (χ3v) is 4.13. The lowest BCUT2D eigenvalue weighted by molar-refractivity contribution is 0.546. The van der Waals surface area contributed by atoms with Crippen LogP contribution in [0.3, 0.4) is 0 Å². The molecule has 1 aliphatic carbocycles. The predicted octanol–water partition coefficient (Wildman–Crippen LogP) is 4.96. The van der Waals surface area contributed by atoms with Crippen molar-refractivity contribution >= 4 is 26.9 Å². The average molecular weight is 299 g/mol. The van der Waals surface area contributed by atoms with Crippen molar-refractivity contribution in [3.63, 3.8) is 0 Å². The van der Waals surface area contributed by atoms with Crippen molar-refractivity contribution in [2.75, 3.05) is 0 Å². The van der Waals surface area contributed by atoms with Crippen LogP contribution in [-0.4, -0.2) is 0 Å². The van der Waals surface area contributed by atoms with E-state index in [2.05, 4.69) is 58.4 Å². The van der Waals surface area contributed by atoms with Gasteiger partial charge < -0.3 is 4.42 Å². The van der Waals surface area contributed by atoms with Crippen LogP contribution in [0.5, 0.6) is 0 Å². The van der Waals surface area contributed by atoms with Crippen molar-refractivity contribution in [3.05, 3.63) is 58.3 Å². The number of halogens is 1. The molecular weight excluding hydrogens is 288 g/mol. The van der Waals surface area contributed by atoms with Gasteiger partial charge in [0, 0.05) is 21.8 Å². The standard InChI is InChI=1S/C16H11BrO/c17-11-6-7-13-15(9-11)18-14-8-5-10-3-1-2-4-12(10)16(13)14/h1-4,6-7,9H,5,8H2. The van der Waals surface area contributed by atoms with E-state index in [4.69, 9.17) is 4.42 Å². The van der Waals surface area contributed by atoms with Crippen LogP contribution in [-0.2, 0) is 12.8 Å². The van der Waals surface area contributed by atoms with Gasteiger partial charge in [0.2, 0.25) is 0 Å². The van der Waals surface area contributed by atoms with E-state index in [1.807, 2.05) is 0 Å². The molecule has 18 heavy (non-hydrogen) atoms. The fourth-order valence-electron chi connectivity index (χ4n) is 2.82. The molecule has 0 N–H and O–H groups in total. The van der Waals surface area contributed by atoms with E-state index in [0.29, 0.717) is 0 Å². The summed E-state index contributed by atoms with van der Waals surface area (Å²) in [5.41, 5.74) is 5.03. The van der Waals surface area contributed by atoms with Gasteiger partial charge in [-0.2, -0.15) is 0 Å². The number of fused-ring (bicyclic) bond motifs is 5. The second-order valence-corrected chi connectivity index (χ2v) is 5.61. The highest BCUT2D eigenvalue weighted by Gasteiger charge is 2.22. The second-order valence-electron chi connectivity index (χ2n) is 4.70. The Bertz CT molecular complexity index is 755. The maximum Gasteiger partial charge on any atom is 0.136 e. The lowest BCUT2D eigenvalue weighted by Gasteiger charge is -2.14. The number of furan rings is 1. The average Bonchev–Trinajstić information content (AvgIpc) is 2.76. The highest BCUT2D eigenvalue weighted by atomic mass is 79.9. The molecule has 2 heteroatoms. The number of rotatable bonds is 0. The van der Waals surface area contributed by atoms with Crippen LogP contribution in [0.25, 0.3) is 22.1 Å². The van der Waals surface area contributed by atoms with E-state index in [0.717, 1.165) is 28.7 Å². The third-order valence-electron chi connectivity index (χ3n) is 3.63. The van der Waals surface area contributed by atoms with Crippen LogP contribution >= 0.6 is 15.9 Å². The van der Waals surface area contributed by atoms with Crippen molar-refractivity contribution in [3.8, 4) is 11.1 Å². The van der Waals surface area contributed by atoms with Crippen molar-refractivity contribution in [2.24, 2.45) is 0 Å². The van der Waals surface area contributed by atoms with Crippen molar-refractivity contribution in [1.29, 1.82) is 0 Å². The van der Waals surface area contributed by atoms with E-state index >= 15 is 0 Å². The topological polar surface area (TPSA) is 13.1 Å². The number of aryl methyl sites for hydroxylation is 2. The van der Waals surface area contributed by atoms with Gasteiger partial charge >= 0.3 is 0 Å². The molecule has 0 radical (unpaired) electrons. The largest absolute Gasteiger partial charge is 0.460 e. The SMILES string of the molecule is Brc1ccc2c3c(oc2c1)CCc1ccccc1-3. The summed E-state index contributed by atoms with van der Waals surface area (Å²) in [4.78, 5) is 0. The van der Waals surface area contributed by atoms with Crippen LogP contribution in [0.2, 0.25) is 0 Å². The third kappa shape index (κ3) is 1.39. The summed E-state index contributed by atoms with van der Waals surface area (Å²) >= 11 is 3.50. The molecule has 1 nitrogen and oxygen atoms in total. The first-order valence-electron chi connectivity index (χ1n) is 6.12. The molecule has 0 spiro atoms. The first kappa shape index (κ1) is 10.4.